The van der Waals surface area contributed by atoms with E-state index in [-0.39, 0.29) is 5.56 Å². The lowest BCUT2D eigenvalue weighted by Crippen LogP contribution is -2.17. The fourth-order valence-electron chi connectivity index (χ4n) is 1.35. The zero-order valence-corrected chi connectivity index (χ0v) is 11.4. The summed E-state index contributed by atoms with van der Waals surface area (Å²) in [6.45, 7) is 0. The van der Waals surface area contributed by atoms with Crippen molar-refractivity contribution in [1.82, 2.24) is 9.55 Å². The van der Waals surface area contributed by atoms with Crippen LogP contribution in [0.5, 0.6) is 0 Å². The first-order chi connectivity index (χ1) is 7.70. The van der Waals surface area contributed by atoms with Gasteiger partial charge in [-0.25, -0.2) is 4.98 Å². The third-order valence-electron chi connectivity index (χ3n) is 2.06. The molecule has 2 aromatic heterocycles. The highest BCUT2D eigenvalue weighted by molar-refractivity contribution is 9.10. The van der Waals surface area contributed by atoms with Gasteiger partial charge in [-0.2, -0.15) is 0 Å². The number of aromatic nitrogens is 2. The molecule has 0 unspecified atom stereocenters. The predicted octanol–water partition coefficient (Wildman–Crippen LogP) is 2.89. The van der Waals surface area contributed by atoms with Crippen LogP contribution in [0.3, 0.4) is 0 Å². The minimum Gasteiger partial charge on any atom is -0.269 e. The van der Waals surface area contributed by atoms with Crippen LogP contribution in [0.4, 0.5) is 0 Å². The van der Waals surface area contributed by atoms with Gasteiger partial charge in [-0.05, 0) is 39.7 Å². The summed E-state index contributed by atoms with van der Waals surface area (Å²) in [6, 6.07) is 8.81. The molecule has 82 valence electrons. The first-order valence-electron chi connectivity index (χ1n) is 4.61. The van der Waals surface area contributed by atoms with Crippen molar-refractivity contribution >= 4 is 31.9 Å². The number of rotatable bonds is 2. The Bertz CT molecular complexity index is 566. The van der Waals surface area contributed by atoms with E-state index >= 15 is 0 Å². The van der Waals surface area contributed by atoms with Crippen LogP contribution in [-0.4, -0.2) is 9.55 Å². The Morgan fingerprint density at radius 2 is 2.12 bits per heavy atom. The van der Waals surface area contributed by atoms with Crippen molar-refractivity contribution in [1.29, 1.82) is 0 Å². The highest BCUT2D eigenvalue weighted by Crippen LogP contribution is 2.15. The Balaban J connectivity index is 2.60. The molecule has 16 heavy (non-hydrogen) atoms. The quantitative estimate of drug-likeness (QED) is 0.620. The first kappa shape index (κ1) is 11.5. The number of nitrogens with zero attached hydrogens (tertiary/aromatic N) is 2. The van der Waals surface area contributed by atoms with Crippen LogP contribution in [0.1, 0.15) is 5.56 Å². The van der Waals surface area contributed by atoms with Crippen LogP contribution in [0.25, 0.3) is 5.82 Å². The molecular formula is C11H8Br2N2O. The Labute approximate surface area is 109 Å². The molecule has 3 nitrogen and oxygen atoms in total. The zero-order valence-electron chi connectivity index (χ0n) is 8.23. The van der Waals surface area contributed by atoms with Gasteiger partial charge in [-0.3, -0.25) is 9.36 Å². The predicted molar refractivity (Wildman–Crippen MR) is 70.2 cm³/mol. The van der Waals surface area contributed by atoms with E-state index in [1.807, 2.05) is 12.1 Å². The van der Waals surface area contributed by atoms with Crippen LogP contribution >= 0.6 is 31.9 Å². The summed E-state index contributed by atoms with van der Waals surface area (Å²) < 4.78 is 2.23. The summed E-state index contributed by atoms with van der Waals surface area (Å²) in [5.41, 5.74) is 0.973. The summed E-state index contributed by atoms with van der Waals surface area (Å²) in [7, 11) is 0. The molecule has 0 fully saturated rings. The smallest absolute Gasteiger partial charge is 0.256 e. The summed E-state index contributed by atoms with van der Waals surface area (Å²) >= 11 is 6.71. The fourth-order valence-corrected chi connectivity index (χ4v) is 2.15. The number of halogens is 2. The molecule has 2 heterocycles. The van der Waals surface area contributed by atoms with E-state index in [2.05, 4.69) is 36.8 Å². The average molecular weight is 344 g/mol. The van der Waals surface area contributed by atoms with Crippen molar-refractivity contribution in [2.45, 2.75) is 5.33 Å². The van der Waals surface area contributed by atoms with Crippen molar-refractivity contribution in [3.8, 4) is 5.82 Å². The van der Waals surface area contributed by atoms with Crippen LogP contribution in [0.2, 0.25) is 0 Å². The molecular weight excluding hydrogens is 336 g/mol. The van der Waals surface area contributed by atoms with E-state index in [4.69, 9.17) is 0 Å². The highest BCUT2D eigenvalue weighted by atomic mass is 79.9. The van der Waals surface area contributed by atoms with E-state index in [1.165, 1.54) is 10.6 Å². The molecule has 0 aliphatic carbocycles. The van der Waals surface area contributed by atoms with Crippen molar-refractivity contribution in [3.05, 3.63) is 57.0 Å². The van der Waals surface area contributed by atoms with E-state index in [0.29, 0.717) is 5.82 Å². The molecule has 0 bridgehead atoms. The summed E-state index contributed by atoms with van der Waals surface area (Å²) in [6.07, 6.45) is 1.70. The van der Waals surface area contributed by atoms with Gasteiger partial charge in [0.2, 0.25) is 0 Å². The average Bonchev–Trinajstić information content (AvgIpc) is 2.28. The van der Waals surface area contributed by atoms with Crippen LogP contribution in [0, 0.1) is 0 Å². The van der Waals surface area contributed by atoms with Gasteiger partial charge in [0.25, 0.3) is 5.56 Å². The molecule has 0 saturated heterocycles. The SMILES string of the molecule is O=c1ccccn1-c1cc(CBr)cc(Br)n1. The topological polar surface area (TPSA) is 34.9 Å². The summed E-state index contributed by atoms with van der Waals surface area (Å²) in [4.78, 5) is 15.9. The Hall–Kier alpha value is -0.940. The first-order valence-corrected chi connectivity index (χ1v) is 6.52. The lowest BCUT2D eigenvalue weighted by atomic mass is 10.3. The molecule has 0 aliphatic heterocycles. The zero-order chi connectivity index (χ0) is 11.5. The summed E-state index contributed by atoms with van der Waals surface area (Å²) in [5.74, 6) is 0.620. The molecule has 0 N–H and O–H groups in total. The van der Waals surface area contributed by atoms with Gasteiger partial charge < -0.3 is 0 Å². The van der Waals surface area contributed by atoms with E-state index in [9.17, 15) is 4.79 Å². The van der Waals surface area contributed by atoms with Gasteiger partial charge in [-0.1, -0.05) is 22.0 Å². The minimum atomic E-state index is -0.0892. The van der Waals surface area contributed by atoms with Crippen LogP contribution in [0.15, 0.2) is 45.9 Å². The van der Waals surface area contributed by atoms with Gasteiger partial charge in [-0.15, -0.1) is 0 Å². The van der Waals surface area contributed by atoms with Crippen LogP contribution < -0.4 is 5.56 Å². The van der Waals surface area contributed by atoms with Gasteiger partial charge in [0.1, 0.15) is 10.4 Å². The van der Waals surface area contributed by atoms with E-state index < -0.39 is 0 Å². The second-order valence-electron chi connectivity index (χ2n) is 3.20. The Morgan fingerprint density at radius 1 is 1.31 bits per heavy atom. The number of hydrogen-bond donors (Lipinski definition) is 0. The lowest BCUT2D eigenvalue weighted by Gasteiger charge is -2.06. The maximum Gasteiger partial charge on any atom is 0.256 e. The van der Waals surface area contributed by atoms with E-state index in [1.54, 1.807) is 18.3 Å². The molecule has 0 aliphatic rings. The van der Waals surface area contributed by atoms with Crippen molar-refractivity contribution in [3.63, 3.8) is 0 Å². The largest absolute Gasteiger partial charge is 0.269 e. The second-order valence-corrected chi connectivity index (χ2v) is 4.57. The van der Waals surface area contributed by atoms with Crippen molar-refractivity contribution in [2.24, 2.45) is 0 Å². The number of hydrogen-bond acceptors (Lipinski definition) is 2. The van der Waals surface area contributed by atoms with Crippen molar-refractivity contribution < 1.29 is 0 Å². The standard InChI is InChI=1S/C11H8Br2N2O/c12-7-8-5-9(13)14-10(6-8)15-4-2-1-3-11(15)16/h1-6H,7H2. The molecule has 0 amide bonds. The molecule has 0 spiro atoms. The van der Waals surface area contributed by atoms with Gasteiger partial charge >= 0.3 is 0 Å². The minimum absolute atomic E-state index is 0.0892. The molecule has 0 radical (unpaired) electrons. The third kappa shape index (κ3) is 2.41. The fraction of sp³-hybridized carbons (Fsp3) is 0.0909. The van der Waals surface area contributed by atoms with Gasteiger partial charge in [0.15, 0.2) is 0 Å². The molecule has 2 aromatic rings. The normalized spacial score (nSPS) is 10.4. The molecule has 5 heteroatoms. The Morgan fingerprint density at radius 3 is 2.81 bits per heavy atom. The second kappa shape index (κ2) is 4.93. The third-order valence-corrected chi connectivity index (χ3v) is 3.12. The monoisotopic (exact) mass is 342 g/mol. The lowest BCUT2D eigenvalue weighted by molar-refractivity contribution is 0.930. The number of pyridine rings is 2. The maximum absolute atomic E-state index is 11.6. The maximum atomic E-state index is 11.6. The van der Waals surface area contributed by atoms with Gasteiger partial charge in [0, 0.05) is 17.6 Å². The van der Waals surface area contributed by atoms with E-state index in [0.717, 1.165) is 15.5 Å². The van der Waals surface area contributed by atoms with Crippen LogP contribution in [-0.2, 0) is 5.33 Å². The Kier molecular flexibility index (Phi) is 3.56. The molecule has 0 saturated carbocycles. The highest BCUT2D eigenvalue weighted by Gasteiger charge is 2.03. The molecule has 0 atom stereocenters. The summed E-state index contributed by atoms with van der Waals surface area (Å²) in [5, 5.41) is 0.725. The molecule has 0 aromatic carbocycles. The number of alkyl halides is 1. The van der Waals surface area contributed by atoms with Gasteiger partial charge in [0.05, 0.1) is 0 Å². The van der Waals surface area contributed by atoms with Crippen molar-refractivity contribution in [2.75, 3.05) is 0 Å². The molecule has 2 rings (SSSR count).